The minimum absolute atomic E-state index is 0.0823. The molecule has 8 nitrogen and oxygen atoms in total. The number of esters is 1. The molecule has 0 heterocycles. The zero-order valence-corrected chi connectivity index (χ0v) is 20.0. The summed E-state index contributed by atoms with van der Waals surface area (Å²) < 4.78 is 35.9. The van der Waals surface area contributed by atoms with Crippen LogP contribution in [0.15, 0.2) is 36.4 Å². The molecule has 1 N–H and O–H groups in total. The van der Waals surface area contributed by atoms with Crippen LogP contribution >= 0.6 is 11.6 Å². The standard InChI is InChI=1S/C22H27ClN2O6S/c1-5-31-22(27)17-8-6-9-19(15(17)2)24-21(26)10-7-13-25(32(4,28)29)16-11-12-20(30-3)18(23)14-16/h6,8-9,11-12,14H,5,7,10,13H2,1-4H3,(H,24,26). The number of amides is 1. The summed E-state index contributed by atoms with van der Waals surface area (Å²) in [5.74, 6) is -0.318. The minimum atomic E-state index is -3.59. The summed E-state index contributed by atoms with van der Waals surface area (Å²) in [6.07, 6.45) is 1.45. The SMILES string of the molecule is CCOC(=O)c1cccc(NC(=O)CCCN(c2ccc(OC)c(Cl)c2)S(C)(=O)=O)c1C. The third kappa shape index (κ3) is 6.61. The normalized spacial score (nSPS) is 11.0. The first-order valence-electron chi connectivity index (χ1n) is 9.96. The summed E-state index contributed by atoms with van der Waals surface area (Å²) in [6.45, 7) is 3.79. The van der Waals surface area contributed by atoms with E-state index in [4.69, 9.17) is 21.1 Å². The molecule has 0 bridgehead atoms. The second-order valence-corrected chi connectivity index (χ2v) is 9.32. The highest BCUT2D eigenvalue weighted by Gasteiger charge is 2.19. The van der Waals surface area contributed by atoms with Gasteiger partial charge in [0.05, 0.1) is 36.2 Å². The van der Waals surface area contributed by atoms with Gasteiger partial charge in [0.15, 0.2) is 0 Å². The lowest BCUT2D eigenvalue weighted by molar-refractivity contribution is -0.116. The Labute approximate surface area is 193 Å². The van der Waals surface area contributed by atoms with E-state index in [9.17, 15) is 18.0 Å². The zero-order valence-electron chi connectivity index (χ0n) is 18.5. The average molecular weight is 483 g/mol. The number of hydrogen-bond acceptors (Lipinski definition) is 6. The van der Waals surface area contributed by atoms with Crippen LogP contribution in [0.25, 0.3) is 0 Å². The highest BCUT2D eigenvalue weighted by Crippen LogP contribution is 2.30. The van der Waals surface area contributed by atoms with Crippen molar-refractivity contribution in [3.8, 4) is 5.75 Å². The fraction of sp³-hybridized carbons (Fsp3) is 0.364. The van der Waals surface area contributed by atoms with Gasteiger partial charge < -0.3 is 14.8 Å². The molecule has 2 rings (SSSR count). The van der Waals surface area contributed by atoms with E-state index in [0.29, 0.717) is 28.3 Å². The van der Waals surface area contributed by atoms with Crippen LogP contribution in [0.4, 0.5) is 11.4 Å². The predicted octanol–water partition coefficient (Wildman–Crippen LogP) is 4.02. The van der Waals surface area contributed by atoms with Crippen LogP contribution in [-0.4, -0.2) is 46.8 Å². The monoisotopic (exact) mass is 482 g/mol. The molecule has 32 heavy (non-hydrogen) atoms. The Morgan fingerprint density at radius 2 is 1.91 bits per heavy atom. The van der Waals surface area contributed by atoms with E-state index in [-0.39, 0.29) is 36.9 Å². The maximum absolute atomic E-state index is 12.4. The fourth-order valence-electron chi connectivity index (χ4n) is 3.09. The number of rotatable bonds is 10. The lowest BCUT2D eigenvalue weighted by Crippen LogP contribution is -2.31. The molecule has 0 spiro atoms. The highest BCUT2D eigenvalue weighted by molar-refractivity contribution is 7.92. The Bertz CT molecular complexity index is 1090. The van der Waals surface area contributed by atoms with E-state index in [1.807, 2.05) is 0 Å². The molecule has 0 saturated heterocycles. The number of benzene rings is 2. The maximum atomic E-state index is 12.4. The molecule has 0 fully saturated rings. The molecule has 174 valence electrons. The lowest BCUT2D eigenvalue weighted by Gasteiger charge is -2.23. The molecule has 10 heteroatoms. The van der Waals surface area contributed by atoms with Gasteiger partial charge in [0.2, 0.25) is 15.9 Å². The van der Waals surface area contributed by atoms with Crippen LogP contribution in [0.2, 0.25) is 5.02 Å². The molecular weight excluding hydrogens is 456 g/mol. The number of carbonyl (C=O) groups excluding carboxylic acids is 2. The summed E-state index contributed by atoms with van der Waals surface area (Å²) in [7, 11) is -2.12. The van der Waals surface area contributed by atoms with Crippen molar-refractivity contribution < 1.29 is 27.5 Å². The molecule has 0 atom stereocenters. The smallest absolute Gasteiger partial charge is 0.338 e. The van der Waals surface area contributed by atoms with Gasteiger partial charge in [0.1, 0.15) is 5.75 Å². The third-order valence-electron chi connectivity index (χ3n) is 4.69. The lowest BCUT2D eigenvalue weighted by atomic mass is 10.1. The molecule has 2 aromatic carbocycles. The first-order chi connectivity index (χ1) is 15.1. The van der Waals surface area contributed by atoms with Gasteiger partial charge in [-0.15, -0.1) is 0 Å². The second-order valence-electron chi connectivity index (χ2n) is 7.00. The molecule has 0 aromatic heterocycles. The van der Waals surface area contributed by atoms with E-state index >= 15 is 0 Å². The van der Waals surface area contributed by atoms with E-state index in [2.05, 4.69) is 5.32 Å². The van der Waals surface area contributed by atoms with Crippen LogP contribution in [0.1, 0.15) is 35.7 Å². The van der Waals surface area contributed by atoms with Crippen LogP contribution in [-0.2, 0) is 19.6 Å². The van der Waals surface area contributed by atoms with E-state index in [1.165, 1.54) is 17.5 Å². The number of methoxy groups -OCH3 is 1. The van der Waals surface area contributed by atoms with E-state index in [0.717, 1.165) is 6.26 Å². The number of anilines is 2. The Kier molecular flexibility index (Phi) is 8.91. The quantitative estimate of drug-likeness (QED) is 0.513. The Morgan fingerprint density at radius 3 is 2.50 bits per heavy atom. The van der Waals surface area contributed by atoms with Gasteiger partial charge in [-0.1, -0.05) is 17.7 Å². The van der Waals surface area contributed by atoms with Crippen molar-refractivity contribution in [1.29, 1.82) is 0 Å². The fourth-order valence-corrected chi connectivity index (χ4v) is 4.30. The number of ether oxygens (including phenoxy) is 2. The first-order valence-corrected chi connectivity index (χ1v) is 12.2. The highest BCUT2D eigenvalue weighted by atomic mass is 35.5. The van der Waals surface area contributed by atoms with Crippen molar-refractivity contribution in [2.75, 3.05) is 36.1 Å². The van der Waals surface area contributed by atoms with Crippen molar-refractivity contribution in [2.45, 2.75) is 26.7 Å². The third-order valence-corrected chi connectivity index (χ3v) is 6.18. The minimum Gasteiger partial charge on any atom is -0.495 e. The molecule has 0 aliphatic carbocycles. The van der Waals surface area contributed by atoms with Gasteiger partial charge >= 0.3 is 5.97 Å². The van der Waals surface area contributed by atoms with Gasteiger partial charge in [0, 0.05) is 18.7 Å². The summed E-state index contributed by atoms with van der Waals surface area (Å²) in [5, 5.41) is 3.06. The number of nitrogens with zero attached hydrogens (tertiary/aromatic N) is 1. The molecule has 0 radical (unpaired) electrons. The van der Waals surface area contributed by atoms with Crippen LogP contribution in [0.3, 0.4) is 0 Å². The van der Waals surface area contributed by atoms with E-state index in [1.54, 1.807) is 44.2 Å². The van der Waals surface area contributed by atoms with Crippen LogP contribution in [0, 0.1) is 6.92 Å². The van der Waals surface area contributed by atoms with Crippen molar-refractivity contribution in [3.63, 3.8) is 0 Å². The predicted molar refractivity (Wildman–Crippen MR) is 125 cm³/mol. The molecule has 0 unspecified atom stereocenters. The van der Waals surface area contributed by atoms with Crippen molar-refractivity contribution in [1.82, 2.24) is 0 Å². The number of nitrogens with one attached hydrogen (secondary N) is 1. The van der Waals surface area contributed by atoms with Gasteiger partial charge in [-0.25, -0.2) is 13.2 Å². The Morgan fingerprint density at radius 1 is 1.19 bits per heavy atom. The van der Waals surface area contributed by atoms with Gasteiger partial charge in [0.25, 0.3) is 0 Å². The van der Waals surface area contributed by atoms with Crippen molar-refractivity contribution in [2.24, 2.45) is 0 Å². The molecule has 0 aliphatic rings. The molecular formula is C22H27ClN2O6S. The van der Waals surface area contributed by atoms with Gasteiger partial charge in [-0.3, -0.25) is 9.10 Å². The topological polar surface area (TPSA) is 102 Å². The Balaban J connectivity index is 2.05. The zero-order chi connectivity index (χ0) is 23.9. The number of carbonyl (C=O) groups is 2. The molecule has 1 amide bonds. The Hall–Kier alpha value is -2.78. The largest absolute Gasteiger partial charge is 0.495 e. The first kappa shape index (κ1) is 25.5. The summed E-state index contributed by atoms with van der Waals surface area (Å²) in [5.41, 5.74) is 1.87. The molecule has 0 aliphatic heterocycles. The second kappa shape index (κ2) is 11.2. The summed E-state index contributed by atoms with van der Waals surface area (Å²) in [6, 6.07) is 9.67. The van der Waals surface area contributed by atoms with Crippen LogP contribution in [0.5, 0.6) is 5.75 Å². The molecule has 2 aromatic rings. The molecule has 0 saturated carbocycles. The van der Waals surface area contributed by atoms with Gasteiger partial charge in [-0.05, 0) is 56.2 Å². The number of halogens is 1. The maximum Gasteiger partial charge on any atom is 0.338 e. The van der Waals surface area contributed by atoms with Gasteiger partial charge in [-0.2, -0.15) is 0 Å². The number of sulfonamides is 1. The average Bonchev–Trinajstić information content (AvgIpc) is 2.72. The van der Waals surface area contributed by atoms with Crippen molar-refractivity contribution >= 4 is 44.9 Å². The summed E-state index contributed by atoms with van der Waals surface area (Å²) in [4.78, 5) is 24.5. The van der Waals surface area contributed by atoms with Crippen molar-refractivity contribution in [3.05, 3.63) is 52.5 Å². The van der Waals surface area contributed by atoms with Crippen LogP contribution < -0.4 is 14.4 Å². The number of hydrogen-bond donors (Lipinski definition) is 1. The summed E-state index contributed by atoms with van der Waals surface area (Å²) >= 11 is 6.12. The van der Waals surface area contributed by atoms with E-state index < -0.39 is 16.0 Å².